The summed E-state index contributed by atoms with van der Waals surface area (Å²) in [4.78, 5) is 0.159. The molecular weight excluding hydrogens is 434 g/mol. The van der Waals surface area contributed by atoms with E-state index in [9.17, 15) is 21.9 Å². The molecule has 0 amide bonds. The fourth-order valence-corrected chi connectivity index (χ4v) is 7.48. The monoisotopic (exact) mass is 465 g/mol. The third-order valence-corrected chi connectivity index (χ3v) is 8.90. The molecular formula is C23H31NO5S2. The van der Waals surface area contributed by atoms with E-state index < -0.39 is 37.3 Å². The second-order valence-corrected chi connectivity index (χ2v) is 12.2. The van der Waals surface area contributed by atoms with Crippen molar-refractivity contribution < 1.29 is 21.9 Å². The number of hydrogen-bond donors (Lipinski definition) is 2. The molecule has 3 atom stereocenters. The van der Waals surface area contributed by atoms with Crippen molar-refractivity contribution in [2.45, 2.75) is 56.4 Å². The van der Waals surface area contributed by atoms with E-state index in [1.807, 2.05) is 44.2 Å². The number of aliphatic hydroxyl groups excluding tert-OH is 1. The average molecular weight is 466 g/mol. The number of unbranched alkanes of at least 4 members (excludes halogenated alkanes) is 1. The lowest BCUT2D eigenvalue weighted by Crippen LogP contribution is -2.42. The summed E-state index contributed by atoms with van der Waals surface area (Å²) in [5.74, 6) is -0.723. The molecule has 0 aromatic heterocycles. The second-order valence-electron chi connectivity index (χ2n) is 8.54. The first-order valence-electron chi connectivity index (χ1n) is 10.6. The molecule has 0 radical (unpaired) electrons. The highest BCUT2D eigenvalue weighted by Crippen LogP contribution is 2.49. The molecule has 2 N–H and O–H groups in total. The molecule has 6 nitrogen and oxygen atoms in total. The van der Waals surface area contributed by atoms with E-state index in [0.717, 1.165) is 24.7 Å². The van der Waals surface area contributed by atoms with Crippen LogP contribution in [0.5, 0.6) is 0 Å². The smallest absolute Gasteiger partial charge is 0.229 e. The number of nitrogens with one attached hydrogen (secondary N) is 1. The normalized spacial score (nSPS) is 25.4. The summed E-state index contributed by atoms with van der Waals surface area (Å²) in [6, 6.07) is 13.8. The third-order valence-electron chi connectivity index (χ3n) is 6.29. The molecule has 0 saturated carbocycles. The summed E-state index contributed by atoms with van der Waals surface area (Å²) in [5, 5.41) is 11.7. The molecule has 1 aliphatic rings. The van der Waals surface area contributed by atoms with Gasteiger partial charge in [-0.3, -0.25) is 4.72 Å². The van der Waals surface area contributed by atoms with Gasteiger partial charge in [-0.05, 0) is 42.2 Å². The molecule has 0 bridgehead atoms. The largest absolute Gasteiger partial charge is 0.392 e. The first-order chi connectivity index (χ1) is 14.5. The lowest BCUT2D eigenvalue weighted by atomic mass is 9.69. The maximum absolute atomic E-state index is 13.5. The Morgan fingerprint density at radius 2 is 1.81 bits per heavy atom. The van der Waals surface area contributed by atoms with E-state index in [1.165, 1.54) is 12.1 Å². The predicted octanol–water partition coefficient (Wildman–Crippen LogP) is 3.92. The van der Waals surface area contributed by atoms with Crippen LogP contribution in [0.4, 0.5) is 5.69 Å². The van der Waals surface area contributed by atoms with E-state index in [2.05, 4.69) is 4.72 Å². The lowest BCUT2D eigenvalue weighted by Gasteiger charge is -2.39. The predicted molar refractivity (Wildman–Crippen MR) is 124 cm³/mol. The average Bonchev–Trinajstić information content (AvgIpc) is 2.77. The van der Waals surface area contributed by atoms with Crippen LogP contribution in [0, 0.1) is 5.41 Å². The topological polar surface area (TPSA) is 101 Å². The van der Waals surface area contributed by atoms with Crippen LogP contribution in [0.15, 0.2) is 53.4 Å². The molecule has 2 aromatic rings. The quantitative estimate of drug-likeness (QED) is 0.645. The van der Waals surface area contributed by atoms with E-state index in [-0.39, 0.29) is 16.3 Å². The summed E-state index contributed by atoms with van der Waals surface area (Å²) in [7, 11) is -7.24. The van der Waals surface area contributed by atoms with Crippen LogP contribution in [0.3, 0.4) is 0 Å². The summed E-state index contributed by atoms with van der Waals surface area (Å²) < 4.78 is 53.0. The van der Waals surface area contributed by atoms with Gasteiger partial charge in [-0.15, -0.1) is 0 Å². The van der Waals surface area contributed by atoms with Gasteiger partial charge in [-0.25, -0.2) is 16.8 Å². The van der Waals surface area contributed by atoms with Crippen molar-refractivity contribution in [2.24, 2.45) is 5.41 Å². The minimum Gasteiger partial charge on any atom is -0.392 e. The summed E-state index contributed by atoms with van der Waals surface area (Å²) in [5.41, 5.74) is 0.721. The van der Waals surface area contributed by atoms with Crippen molar-refractivity contribution >= 4 is 25.5 Å². The Balaban J connectivity index is 2.29. The molecule has 170 valence electrons. The van der Waals surface area contributed by atoms with E-state index in [1.54, 1.807) is 6.07 Å². The number of fused-ring (bicyclic) bond motifs is 1. The molecule has 3 rings (SSSR count). The summed E-state index contributed by atoms with van der Waals surface area (Å²) in [6.07, 6.45) is 2.96. The van der Waals surface area contributed by atoms with Crippen LogP contribution in [0.2, 0.25) is 0 Å². The van der Waals surface area contributed by atoms with Crippen LogP contribution in [-0.2, 0) is 19.9 Å². The molecule has 1 aliphatic heterocycles. The number of aliphatic hydroxyl groups is 1. The first-order valence-corrected chi connectivity index (χ1v) is 14.1. The molecule has 31 heavy (non-hydrogen) atoms. The van der Waals surface area contributed by atoms with Gasteiger partial charge in [0.05, 0.1) is 23.0 Å². The van der Waals surface area contributed by atoms with Crippen LogP contribution < -0.4 is 4.72 Å². The molecule has 2 aromatic carbocycles. The Morgan fingerprint density at radius 3 is 2.39 bits per heavy atom. The molecule has 0 unspecified atom stereocenters. The van der Waals surface area contributed by atoms with Crippen molar-refractivity contribution in [1.82, 2.24) is 0 Å². The minimum atomic E-state index is -3.70. The summed E-state index contributed by atoms with van der Waals surface area (Å²) >= 11 is 0. The SMILES string of the molecule is CCCC[C@]1(CC)CS(=O)(=O)c2ccc(NS(C)(=O)=O)cc2[C@@H](c2ccccc2)[C@H]1O. The van der Waals surface area contributed by atoms with Crippen molar-refractivity contribution in [2.75, 3.05) is 16.7 Å². The maximum Gasteiger partial charge on any atom is 0.229 e. The highest BCUT2D eigenvalue weighted by atomic mass is 32.2. The van der Waals surface area contributed by atoms with Gasteiger partial charge in [0.15, 0.2) is 9.84 Å². The van der Waals surface area contributed by atoms with Crippen molar-refractivity contribution in [3.8, 4) is 0 Å². The third kappa shape index (κ3) is 4.96. The first kappa shape index (κ1) is 23.8. The van der Waals surface area contributed by atoms with Gasteiger partial charge in [0.2, 0.25) is 10.0 Å². The van der Waals surface area contributed by atoms with Crippen molar-refractivity contribution in [3.05, 3.63) is 59.7 Å². The zero-order valence-electron chi connectivity index (χ0n) is 18.2. The van der Waals surface area contributed by atoms with E-state index in [4.69, 9.17) is 0 Å². The Kier molecular flexibility index (Phi) is 6.84. The fraction of sp³-hybridized carbons (Fsp3) is 0.478. The number of sulfone groups is 1. The number of hydrogen-bond acceptors (Lipinski definition) is 5. The minimum absolute atomic E-state index is 0.132. The highest BCUT2D eigenvalue weighted by molar-refractivity contribution is 7.92. The number of sulfonamides is 1. The Bertz CT molecular complexity index is 1130. The van der Waals surface area contributed by atoms with Gasteiger partial charge in [-0.2, -0.15) is 0 Å². The van der Waals surface area contributed by atoms with Gasteiger partial charge in [0.1, 0.15) is 0 Å². The van der Waals surface area contributed by atoms with Gasteiger partial charge < -0.3 is 5.11 Å². The number of anilines is 1. The van der Waals surface area contributed by atoms with Crippen molar-refractivity contribution in [1.29, 1.82) is 0 Å². The van der Waals surface area contributed by atoms with Gasteiger partial charge >= 0.3 is 0 Å². The number of rotatable bonds is 7. The molecule has 1 heterocycles. The van der Waals surface area contributed by atoms with Gasteiger partial charge in [0.25, 0.3) is 0 Å². The van der Waals surface area contributed by atoms with E-state index >= 15 is 0 Å². The fourth-order valence-electron chi connectivity index (χ4n) is 4.68. The molecule has 8 heteroatoms. The zero-order valence-corrected chi connectivity index (χ0v) is 19.8. The molecule has 0 fully saturated rings. The van der Waals surface area contributed by atoms with E-state index in [0.29, 0.717) is 18.4 Å². The van der Waals surface area contributed by atoms with Crippen LogP contribution in [-0.4, -0.2) is 40.1 Å². The molecule has 0 saturated heterocycles. The maximum atomic E-state index is 13.5. The highest BCUT2D eigenvalue weighted by Gasteiger charge is 2.48. The van der Waals surface area contributed by atoms with Gasteiger partial charge in [0, 0.05) is 17.0 Å². The molecule has 0 spiro atoms. The van der Waals surface area contributed by atoms with Crippen LogP contribution in [0.1, 0.15) is 56.6 Å². The standard InChI is InChI=1S/C23H31NO5S2/c1-4-6-14-23(5-2)16-31(28,29)20-13-12-18(24-30(3,26)27)15-19(20)21(22(23)25)17-10-8-7-9-11-17/h7-13,15,21-22,24-25H,4-6,14,16H2,1-3H3/t21-,22-,23-/m1/s1. The Morgan fingerprint density at radius 1 is 1.13 bits per heavy atom. The zero-order chi connectivity index (χ0) is 22.9. The number of benzene rings is 2. The summed E-state index contributed by atoms with van der Waals surface area (Å²) in [6.45, 7) is 3.98. The lowest BCUT2D eigenvalue weighted by molar-refractivity contribution is 0.0174. The van der Waals surface area contributed by atoms with Crippen molar-refractivity contribution in [3.63, 3.8) is 0 Å². The van der Waals surface area contributed by atoms with Crippen LogP contribution in [0.25, 0.3) is 0 Å². The Labute approximate surface area is 185 Å². The second kappa shape index (κ2) is 8.92. The van der Waals surface area contributed by atoms with Crippen LogP contribution >= 0.6 is 0 Å². The molecule has 0 aliphatic carbocycles. The van der Waals surface area contributed by atoms with Gasteiger partial charge in [-0.1, -0.05) is 57.0 Å². The Hall–Kier alpha value is -1.90.